The van der Waals surface area contributed by atoms with Crippen molar-refractivity contribution in [1.82, 2.24) is 5.16 Å². The summed E-state index contributed by atoms with van der Waals surface area (Å²) < 4.78 is 10.5. The van der Waals surface area contributed by atoms with Crippen LogP contribution >= 0.6 is 11.6 Å². The van der Waals surface area contributed by atoms with Gasteiger partial charge in [-0.25, -0.2) is 0 Å². The fourth-order valence-electron chi connectivity index (χ4n) is 1.45. The zero-order valence-electron chi connectivity index (χ0n) is 9.64. The number of rotatable bonds is 4. The SMILES string of the molecule is Cc1cc(COc2ccc(Cl)cc2C(N)=O)on1. The lowest BCUT2D eigenvalue weighted by Gasteiger charge is -2.08. The number of hydrogen-bond donors (Lipinski definition) is 1. The molecule has 1 aromatic heterocycles. The summed E-state index contributed by atoms with van der Waals surface area (Å²) >= 11 is 5.79. The lowest BCUT2D eigenvalue weighted by molar-refractivity contribution is 0.0995. The Kier molecular flexibility index (Phi) is 3.53. The number of aromatic nitrogens is 1. The Morgan fingerprint density at radius 2 is 2.28 bits per heavy atom. The topological polar surface area (TPSA) is 78.4 Å². The third-order valence-electron chi connectivity index (χ3n) is 2.25. The van der Waals surface area contributed by atoms with Crippen LogP contribution in [0.1, 0.15) is 21.8 Å². The Morgan fingerprint density at radius 1 is 1.50 bits per heavy atom. The van der Waals surface area contributed by atoms with Crippen LogP contribution in [0, 0.1) is 6.92 Å². The number of primary amides is 1. The van der Waals surface area contributed by atoms with Gasteiger partial charge in [0.25, 0.3) is 5.91 Å². The highest BCUT2D eigenvalue weighted by molar-refractivity contribution is 6.31. The molecule has 6 heteroatoms. The van der Waals surface area contributed by atoms with Crippen molar-refractivity contribution in [1.29, 1.82) is 0 Å². The molecule has 1 aromatic carbocycles. The summed E-state index contributed by atoms with van der Waals surface area (Å²) in [6.07, 6.45) is 0. The molecule has 94 valence electrons. The van der Waals surface area contributed by atoms with Gasteiger partial charge in [0.05, 0.1) is 11.3 Å². The third kappa shape index (κ3) is 2.81. The number of aryl methyl sites for hydroxylation is 1. The second-order valence-corrected chi connectivity index (χ2v) is 4.16. The van der Waals surface area contributed by atoms with Crippen LogP contribution in [-0.2, 0) is 6.61 Å². The Balaban J connectivity index is 2.16. The first kappa shape index (κ1) is 12.4. The third-order valence-corrected chi connectivity index (χ3v) is 2.49. The molecule has 0 spiro atoms. The van der Waals surface area contributed by atoms with E-state index in [0.29, 0.717) is 16.5 Å². The lowest BCUT2D eigenvalue weighted by atomic mass is 10.2. The molecule has 0 aliphatic rings. The summed E-state index contributed by atoms with van der Waals surface area (Å²) in [5, 5.41) is 4.16. The number of ether oxygens (including phenoxy) is 1. The van der Waals surface area contributed by atoms with Gasteiger partial charge in [-0.2, -0.15) is 0 Å². The smallest absolute Gasteiger partial charge is 0.252 e. The van der Waals surface area contributed by atoms with Gasteiger partial charge >= 0.3 is 0 Å². The first-order valence-corrected chi connectivity index (χ1v) is 5.58. The van der Waals surface area contributed by atoms with Crippen molar-refractivity contribution in [2.45, 2.75) is 13.5 Å². The maximum Gasteiger partial charge on any atom is 0.252 e. The fourth-order valence-corrected chi connectivity index (χ4v) is 1.63. The van der Waals surface area contributed by atoms with Crippen LogP contribution in [-0.4, -0.2) is 11.1 Å². The Hall–Kier alpha value is -2.01. The minimum absolute atomic E-state index is 0.169. The summed E-state index contributed by atoms with van der Waals surface area (Å²) in [6.45, 7) is 1.98. The van der Waals surface area contributed by atoms with Crippen LogP contribution in [0.5, 0.6) is 5.75 Å². The highest BCUT2D eigenvalue weighted by Gasteiger charge is 2.11. The van der Waals surface area contributed by atoms with Gasteiger partial charge in [-0.1, -0.05) is 16.8 Å². The molecule has 1 amide bonds. The van der Waals surface area contributed by atoms with Crippen LogP contribution in [0.3, 0.4) is 0 Å². The number of halogens is 1. The van der Waals surface area contributed by atoms with Gasteiger partial charge in [0.2, 0.25) is 0 Å². The summed E-state index contributed by atoms with van der Waals surface area (Å²) in [6, 6.07) is 6.42. The van der Waals surface area contributed by atoms with Crippen molar-refractivity contribution in [2.75, 3.05) is 0 Å². The van der Waals surface area contributed by atoms with Crippen molar-refractivity contribution < 1.29 is 14.1 Å². The van der Waals surface area contributed by atoms with Gasteiger partial charge in [0.15, 0.2) is 5.76 Å². The van der Waals surface area contributed by atoms with E-state index < -0.39 is 5.91 Å². The van der Waals surface area contributed by atoms with Crippen LogP contribution in [0.25, 0.3) is 0 Å². The molecule has 2 aromatic rings. The van der Waals surface area contributed by atoms with E-state index in [0.717, 1.165) is 5.69 Å². The molecule has 0 bridgehead atoms. The average Bonchev–Trinajstić information content (AvgIpc) is 2.73. The van der Waals surface area contributed by atoms with Gasteiger partial charge in [0.1, 0.15) is 12.4 Å². The summed E-state index contributed by atoms with van der Waals surface area (Å²) in [5.41, 5.74) is 6.24. The number of carbonyl (C=O) groups excluding carboxylic acids is 1. The molecule has 2 N–H and O–H groups in total. The minimum atomic E-state index is -0.596. The number of carbonyl (C=O) groups is 1. The maximum absolute atomic E-state index is 11.2. The van der Waals surface area contributed by atoms with Crippen LogP contribution in [0.2, 0.25) is 5.02 Å². The second-order valence-electron chi connectivity index (χ2n) is 3.73. The van der Waals surface area contributed by atoms with Crippen molar-refractivity contribution in [2.24, 2.45) is 5.73 Å². The number of nitrogens with zero attached hydrogens (tertiary/aromatic N) is 1. The minimum Gasteiger partial charge on any atom is -0.485 e. The predicted octanol–water partition coefficient (Wildman–Crippen LogP) is 2.31. The molecule has 0 aliphatic heterocycles. The number of amides is 1. The van der Waals surface area contributed by atoms with E-state index in [-0.39, 0.29) is 12.2 Å². The molecule has 0 aliphatic carbocycles. The van der Waals surface area contributed by atoms with E-state index in [1.807, 2.05) is 6.92 Å². The van der Waals surface area contributed by atoms with Gasteiger partial charge < -0.3 is 15.0 Å². The van der Waals surface area contributed by atoms with Crippen molar-refractivity contribution >= 4 is 17.5 Å². The van der Waals surface area contributed by atoms with Crippen molar-refractivity contribution in [3.8, 4) is 5.75 Å². The molecule has 2 rings (SSSR count). The van der Waals surface area contributed by atoms with E-state index in [1.54, 1.807) is 18.2 Å². The molecule has 0 radical (unpaired) electrons. The van der Waals surface area contributed by atoms with E-state index in [9.17, 15) is 4.79 Å². The Labute approximate surface area is 108 Å². The van der Waals surface area contributed by atoms with Gasteiger partial charge in [0, 0.05) is 11.1 Å². The normalized spacial score (nSPS) is 10.3. The molecular formula is C12H11ClN2O3. The summed E-state index contributed by atoms with van der Waals surface area (Å²) in [5.74, 6) is 0.333. The molecule has 0 saturated carbocycles. The zero-order valence-corrected chi connectivity index (χ0v) is 10.4. The quantitative estimate of drug-likeness (QED) is 0.921. The van der Waals surface area contributed by atoms with Gasteiger partial charge in [-0.3, -0.25) is 4.79 Å². The molecular weight excluding hydrogens is 256 g/mol. The highest BCUT2D eigenvalue weighted by Crippen LogP contribution is 2.23. The molecule has 0 unspecified atom stereocenters. The van der Waals surface area contributed by atoms with E-state index in [1.165, 1.54) is 6.07 Å². The summed E-state index contributed by atoms with van der Waals surface area (Å²) in [4.78, 5) is 11.2. The first-order chi connectivity index (χ1) is 8.56. The van der Waals surface area contributed by atoms with E-state index >= 15 is 0 Å². The van der Waals surface area contributed by atoms with Crippen LogP contribution in [0.4, 0.5) is 0 Å². The summed E-state index contributed by atoms with van der Waals surface area (Å²) in [7, 11) is 0. The van der Waals surface area contributed by atoms with Crippen molar-refractivity contribution in [3.63, 3.8) is 0 Å². The standard InChI is InChI=1S/C12H11ClN2O3/c1-7-4-9(18-15-7)6-17-11-3-2-8(13)5-10(11)12(14)16/h2-5H,6H2,1H3,(H2,14,16). The number of benzene rings is 1. The predicted molar refractivity (Wildman–Crippen MR) is 65.5 cm³/mol. The van der Waals surface area contributed by atoms with Crippen molar-refractivity contribution in [3.05, 3.63) is 46.3 Å². The van der Waals surface area contributed by atoms with Crippen LogP contribution in [0.15, 0.2) is 28.8 Å². The average molecular weight is 267 g/mol. The maximum atomic E-state index is 11.2. The zero-order chi connectivity index (χ0) is 13.1. The van der Waals surface area contributed by atoms with E-state index in [4.69, 9.17) is 26.6 Å². The lowest BCUT2D eigenvalue weighted by Crippen LogP contribution is -2.13. The molecule has 0 atom stereocenters. The molecule has 1 heterocycles. The van der Waals surface area contributed by atoms with Crippen LogP contribution < -0.4 is 10.5 Å². The molecule has 0 saturated heterocycles. The van der Waals surface area contributed by atoms with Gasteiger partial charge in [-0.05, 0) is 25.1 Å². The largest absolute Gasteiger partial charge is 0.485 e. The monoisotopic (exact) mass is 266 g/mol. The number of hydrogen-bond acceptors (Lipinski definition) is 4. The first-order valence-electron chi connectivity index (χ1n) is 5.20. The number of nitrogens with two attached hydrogens (primary N) is 1. The van der Waals surface area contributed by atoms with Gasteiger partial charge in [-0.15, -0.1) is 0 Å². The Morgan fingerprint density at radius 3 is 2.89 bits per heavy atom. The highest BCUT2D eigenvalue weighted by atomic mass is 35.5. The fraction of sp³-hybridized carbons (Fsp3) is 0.167. The van der Waals surface area contributed by atoms with E-state index in [2.05, 4.69) is 5.16 Å². The Bertz CT molecular complexity index is 580. The molecule has 0 fully saturated rings. The molecule has 18 heavy (non-hydrogen) atoms. The second kappa shape index (κ2) is 5.10. The molecule has 5 nitrogen and oxygen atoms in total.